The van der Waals surface area contributed by atoms with Crippen LogP contribution in [0.15, 0.2) is 36.4 Å². The molecule has 5 atom stereocenters. The maximum atomic E-state index is 12.6. The van der Waals surface area contributed by atoms with Crippen molar-refractivity contribution >= 4 is 11.6 Å². The third-order valence-corrected chi connectivity index (χ3v) is 7.59. The lowest BCUT2D eigenvalue weighted by atomic mass is 9.55. The van der Waals surface area contributed by atoms with Crippen LogP contribution in [-0.4, -0.2) is 46.7 Å². The molecule has 3 fully saturated rings. The Balaban J connectivity index is 1.76. The molecular formula is C21H26N2O2. The van der Waals surface area contributed by atoms with Gasteiger partial charge in [0.25, 0.3) is 0 Å². The van der Waals surface area contributed by atoms with Gasteiger partial charge in [-0.3, -0.25) is 9.69 Å². The fourth-order valence-corrected chi connectivity index (χ4v) is 6.55. The molecule has 1 amide bonds. The van der Waals surface area contributed by atoms with Gasteiger partial charge in [-0.05, 0) is 43.0 Å². The molecule has 0 aromatic heterocycles. The second kappa shape index (κ2) is 4.74. The molecule has 132 valence electrons. The first-order valence-electron chi connectivity index (χ1n) is 9.48. The molecule has 1 saturated carbocycles. The second-order valence-corrected chi connectivity index (χ2v) is 8.41. The van der Waals surface area contributed by atoms with Crippen LogP contribution in [0, 0.1) is 5.92 Å². The number of aliphatic hydroxyl groups is 1. The van der Waals surface area contributed by atoms with E-state index in [2.05, 4.69) is 36.6 Å². The van der Waals surface area contributed by atoms with E-state index in [9.17, 15) is 9.90 Å². The van der Waals surface area contributed by atoms with E-state index in [0.29, 0.717) is 6.04 Å². The van der Waals surface area contributed by atoms with E-state index in [1.165, 1.54) is 5.56 Å². The number of fused-ring (bicyclic) bond motifs is 2. The molecule has 2 saturated heterocycles. The number of anilines is 1. The van der Waals surface area contributed by atoms with Crippen molar-refractivity contribution in [3.63, 3.8) is 0 Å². The highest BCUT2D eigenvalue weighted by Gasteiger charge is 2.68. The highest BCUT2D eigenvalue weighted by molar-refractivity contribution is 5.97. The zero-order chi connectivity index (χ0) is 17.6. The number of hydrogen-bond donors (Lipinski definition) is 1. The molecule has 1 aromatic rings. The lowest BCUT2D eigenvalue weighted by Gasteiger charge is -2.57. The quantitative estimate of drug-likeness (QED) is 0.800. The van der Waals surface area contributed by atoms with Crippen LogP contribution in [0.1, 0.15) is 38.7 Å². The first kappa shape index (κ1) is 15.6. The number of amides is 1. The Morgan fingerprint density at radius 3 is 2.88 bits per heavy atom. The summed E-state index contributed by atoms with van der Waals surface area (Å²) in [7, 11) is 0. The number of piperidine rings is 1. The van der Waals surface area contributed by atoms with Gasteiger partial charge >= 0.3 is 0 Å². The van der Waals surface area contributed by atoms with Crippen molar-refractivity contribution in [2.24, 2.45) is 5.92 Å². The third-order valence-electron chi connectivity index (χ3n) is 7.59. The highest BCUT2D eigenvalue weighted by Crippen LogP contribution is 2.63. The Kier molecular flexibility index (Phi) is 2.96. The van der Waals surface area contributed by atoms with Crippen molar-refractivity contribution in [1.82, 2.24) is 4.90 Å². The Morgan fingerprint density at radius 1 is 1.40 bits per heavy atom. The zero-order valence-corrected chi connectivity index (χ0v) is 15.0. The molecule has 4 aliphatic rings. The van der Waals surface area contributed by atoms with Crippen LogP contribution < -0.4 is 4.90 Å². The summed E-state index contributed by atoms with van der Waals surface area (Å²) in [5, 5.41) is 11.3. The molecule has 0 unspecified atom stereocenters. The summed E-state index contributed by atoms with van der Waals surface area (Å²) in [6.45, 7) is 9.92. The van der Waals surface area contributed by atoms with E-state index in [-0.39, 0.29) is 23.3 Å². The highest BCUT2D eigenvalue weighted by atomic mass is 16.3. The largest absolute Gasteiger partial charge is 0.388 e. The minimum atomic E-state index is -0.721. The molecule has 5 rings (SSSR count). The van der Waals surface area contributed by atoms with Gasteiger partial charge in [0.05, 0.1) is 11.6 Å². The monoisotopic (exact) mass is 338 g/mol. The zero-order valence-electron chi connectivity index (χ0n) is 15.0. The lowest BCUT2D eigenvalue weighted by molar-refractivity contribution is -0.118. The van der Waals surface area contributed by atoms with Crippen LogP contribution in [0.4, 0.5) is 5.69 Å². The summed E-state index contributed by atoms with van der Waals surface area (Å²) in [6.07, 6.45) is 2.72. The Morgan fingerprint density at radius 2 is 2.16 bits per heavy atom. The van der Waals surface area contributed by atoms with Crippen molar-refractivity contribution in [2.45, 2.75) is 56.2 Å². The lowest BCUT2D eigenvalue weighted by Crippen LogP contribution is -2.67. The van der Waals surface area contributed by atoms with Crippen molar-refractivity contribution in [1.29, 1.82) is 0 Å². The first-order chi connectivity index (χ1) is 11.9. The second-order valence-electron chi connectivity index (χ2n) is 8.41. The molecule has 1 aliphatic carbocycles. The summed E-state index contributed by atoms with van der Waals surface area (Å²) < 4.78 is 0. The van der Waals surface area contributed by atoms with Gasteiger partial charge < -0.3 is 10.0 Å². The maximum absolute atomic E-state index is 12.6. The van der Waals surface area contributed by atoms with E-state index in [1.54, 1.807) is 6.92 Å². The number of hydrogen-bond acceptors (Lipinski definition) is 3. The van der Waals surface area contributed by atoms with Crippen LogP contribution in [0.25, 0.3) is 0 Å². The van der Waals surface area contributed by atoms with Gasteiger partial charge in [-0.15, -0.1) is 0 Å². The number of nitrogens with zero attached hydrogens (tertiary/aromatic N) is 2. The van der Waals surface area contributed by atoms with Crippen molar-refractivity contribution in [3.8, 4) is 0 Å². The molecule has 1 spiro atoms. The smallest absolute Gasteiger partial charge is 0.224 e. The summed E-state index contributed by atoms with van der Waals surface area (Å²) >= 11 is 0. The predicted molar refractivity (Wildman–Crippen MR) is 97.5 cm³/mol. The van der Waals surface area contributed by atoms with Crippen LogP contribution in [0.2, 0.25) is 0 Å². The third kappa shape index (κ3) is 1.63. The Hall–Kier alpha value is -1.65. The summed E-state index contributed by atoms with van der Waals surface area (Å²) in [5.41, 5.74) is 2.65. The molecule has 1 aromatic carbocycles. The van der Waals surface area contributed by atoms with Gasteiger partial charge in [0, 0.05) is 36.5 Å². The number of carbonyl (C=O) groups excluding carboxylic acids is 1. The first-order valence-corrected chi connectivity index (χ1v) is 9.48. The maximum Gasteiger partial charge on any atom is 0.224 e. The van der Waals surface area contributed by atoms with Crippen molar-refractivity contribution < 1.29 is 9.90 Å². The standard InChI is InChI=1S/C21H26N2O2/c1-4-20(25)12-22-10-9-21-15-7-5-6-8-17(15)23(14(3)24)19(21)13(2)16(20)11-18(21)22/h5-8,16,18-19,25H,2,4,9-12H2,1,3H3/t16-,18+,19+,20+,21-/m1/s1. The minimum Gasteiger partial charge on any atom is -0.388 e. The van der Waals surface area contributed by atoms with E-state index in [1.807, 2.05) is 11.0 Å². The molecule has 3 heterocycles. The molecule has 4 heteroatoms. The molecule has 2 bridgehead atoms. The fraction of sp³-hybridized carbons (Fsp3) is 0.571. The van der Waals surface area contributed by atoms with E-state index >= 15 is 0 Å². The molecule has 25 heavy (non-hydrogen) atoms. The van der Waals surface area contributed by atoms with Crippen molar-refractivity contribution in [3.05, 3.63) is 42.0 Å². The van der Waals surface area contributed by atoms with Crippen molar-refractivity contribution in [2.75, 3.05) is 18.0 Å². The van der Waals surface area contributed by atoms with Crippen LogP contribution in [0.5, 0.6) is 0 Å². The number of para-hydroxylation sites is 1. The van der Waals surface area contributed by atoms with Gasteiger partial charge in [0.1, 0.15) is 0 Å². The van der Waals surface area contributed by atoms with E-state index < -0.39 is 5.60 Å². The topological polar surface area (TPSA) is 43.8 Å². The summed E-state index contributed by atoms with van der Waals surface area (Å²) in [6, 6.07) is 8.78. The average molecular weight is 338 g/mol. The fourth-order valence-electron chi connectivity index (χ4n) is 6.55. The predicted octanol–water partition coefficient (Wildman–Crippen LogP) is 2.46. The average Bonchev–Trinajstić information content (AvgIpc) is 3.12. The van der Waals surface area contributed by atoms with Gasteiger partial charge in [-0.2, -0.15) is 0 Å². The summed E-state index contributed by atoms with van der Waals surface area (Å²) in [4.78, 5) is 17.1. The Labute approximate surface area is 149 Å². The van der Waals surface area contributed by atoms with Crippen LogP contribution >= 0.6 is 0 Å². The SMILES string of the molecule is C=C1[C@H]2C[C@@H]3N(CC[C@@]34c3ccccc3N(C(C)=O)[C@@H]14)C[C@@]2(O)CC. The van der Waals surface area contributed by atoms with Gasteiger partial charge in [0.15, 0.2) is 0 Å². The molecule has 3 aliphatic heterocycles. The molecular weight excluding hydrogens is 312 g/mol. The van der Waals surface area contributed by atoms with Gasteiger partial charge in [0.2, 0.25) is 5.91 Å². The summed E-state index contributed by atoms with van der Waals surface area (Å²) in [5.74, 6) is 0.153. The molecule has 1 N–H and O–H groups in total. The van der Waals surface area contributed by atoms with Gasteiger partial charge in [-0.1, -0.05) is 31.7 Å². The normalized spacial score (nSPS) is 41.6. The molecule has 0 radical (unpaired) electrons. The van der Waals surface area contributed by atoms with E-state index in [4.69, 9.17) is 0 Å². The van der Waals surface area contributed by atoms with Crippen LogP contribution in [-0.2, 0) is 10.2 Å². The number of rotatable bonds is 1. The number of benzene rings is 1. The van der Waals surface area contributed by atoms with E-state index in [0.717, 1.165) is 43.6 Å². The van der Waals surface area contributed by atoms with Crippen LogP contribution in [0.3, 0.4) is 0 Å². The Bertz CT molecular complexity index is 790. The molecule has 4 nitrogen and oxygen atoms in total. The number of carbonyl (C=O) groups is 1. The minimum absolute atomic E-state index is 0.0190. The van der Waals surface area contributed by atoms with Gasteiger partial charge in [-0.25, -0.2) is 0 Å².